The van der Waals surface area contributed by atoms with Gasteiger partial charge in [-0.15, -0.1) is 11.3 Å². The highest BCUT2D eigenvalue weighted by atomic mass is 35.5. The first-order chi connectivity index (χ1) is 10.2. The fraction of sp³-hybridized carbons (Fsp3) is 0.0667. The molecule has 1 aromatic carbocycles. The van der Waals surface area contributed by atoms with Crippen molar-refractivity contribution in [3.63, 3.8) is 0 Å². The first-order valence-corrected chi connectivity index (χ1v) is 7.53. The first-order valence-electron chi connectivity index (χ1n) is 6.33. The van der Waals surface area contributed by atoms with E-state index in [9.17, 15) is 4.79 Å². The van der Waals surface area contributed by atoms with Crippen LogP contribution in [0, 0.1) is 0 Å². The molecule has 0 aliphatic heterocycles. The van der Waals surface area contributed by atoms with Gasteiger partial charge in [-0.05, 0) is 24.3 Å². The van der Waals surface area contributed by atoms with Crippen LogP contribution in [-0.4, -0.2) is 9.55 Å². The predicted molar refractivity (Wildman–Crippen MR) is 84.2 cm³/mol. The number of hydrogen-bond donors (Lipinski definition) is 0. The number of fused-ring (bicyclic) bond motifs is 3. The van der Waals surface area contributed by atoms with Gasteiger partial charge < -0.3 is 4.42 Å². The number of hydrogen-bond acceptors (Lipinski definition) is 4. The molecule has 0 saturated heterocycles. The molecule has 4 nitrogen and oxygen atoms in total. The molecule has 0 N–H and O–H groups in total. The summed E-state index contributed by atoms with van der Waals surface area (Å²) in [5.74, 6) is 0. The lowest BCUT2D eigenvalue weighted by atomic mass is 10.2. The van der Waals surface area contributed by atoms with E-state index in [0.29, 0.717) is 27.6 Å². The Balaban J connectivity index is 1.90. The molecule has 6 heteroatoms. The van der Waals surface area contributed by atoms with Crippen molar-refractivity contribution in [2.75, 3.05) is 0 Å². The van der Waals surface area contributed by atoms with Crippen LogP contribution in [0.3, 0.4) is 0 Å². The summed E-state index contributed by atoms with van der Waals surface area (Å²) in [5, 5.41) is 0.857. The Morgan fingerprint density at radius 1 is 1.24 bits per heavy atom. The molecule has 104 valence electrons. The lowest BCUT2D eigenvalue weighted by molar-refractivity contribution is 0.644. The minimum absolute atomic E-state index is 0.180. The molecule has 0 bridgehead atoms. The van der Waals surface area contributed by atoms with Crippen LogP contribution in [0.25, 0.3) is 22.1 Å². The van der Waals surface area contributed by atoms with E-state index in [1.54, 1.807) is 6.33 Å². The highest BCUT2D eigenvalue weighted by molar-refractivity contribution is 7.16. The molecule has 3 heterocycles. The highest BCUT2D eigenvalue weighted by Crippen LogP contribution is 2.25. The molecule has 0 radical (unpaired) electrons. The van der Waals surface area contributed by atoms with E-state index in [2.05, 4.69) is 4.98 Å². The minimum Gasteiger partial charge on any atom is -0.448 e. The van der Waals surface area contributed by atoms with Gasteiger partial charge in [0.05, 0.1) is 17.2 Å². The zero-order valence-electron chi connectivity index (χ0n) is 10.7. The van der Waals surface area contributed by atoms with Crippen molar-refractivity contribution in [1.29, 1.82) is 0 Å². The summed E-state index contributed by atoms with van der Waals surface area (Å²) in [4.78, 5) is 17.9. The van der Waals surface area contributed by atoms with Crippen LogP contribution in [0.1, 0.15) is 4.88 Å². The molecule has 0 fully saturated rings. The molecule has 21 heavy (non-hydrogen) atoms. The number of rotatable bonds is 2. The molecule has 4 rings (SSSR count). The molecule has 0 saturated carbocycles. The maximum absolute atomic E-state index is 12.5. The van der Waals surface area contributed by atoms with E-state index in [1.165, 1.54) is 15.9 Å². The molecule has 0 aliphatic rings. The van der Waals surface area contributed by atoms with Gasteiger partial charge in [0.25, 0.3) is 5.56 Å². The van der Waals surface area contributed by atoms with Crippen molar-refractivity contribution < 1.29 is 4.42 Å². The summed E-state index contributed by atoms with van der Waals surface area (Å²) in [6, 6.07) is 11.2. The number of furan rings is 1. The topological polar surface area (TPSA) is 48.0 Å². The number of aromatic nitrogens is 2. The number of thiophene rings is 1. The van der Waals surface area contributed by atoms with Crippen LogP contribution in [-0.2, 0) is 6.54 Å². The largest absolute Gasteiger partial charge is 0.448 e. The summed E-state index contributed by atoms with van der Waals surface area (Å²) >= 11 is 7.36. The number of benzene rings is 1. The van der Waals surface area contributed by atoms with Gasteiger partial charge >= 0.3 is 0 Å². The molecule has 0 unspecified atom stereocenters. The van der Waals surface area contributed by atoms with Gasteiger partial charge in [0.1, 0.15) is 11.1 Å². The quantitative estimate of drug-likeness (QED) is 0.563. The SMILES string of the molecule is O=c1c2oc3ccccc3c2ncn1Cc1ccc(Cl)s1. The summed E-state index contributed by atoms with van der Waals surface area (Å²) in [6.07, 6.45) is 1.56. The zero-order chi connectivity index (χ0) is 14.4. The van der Waals surface area contributed by atoms with Crippen LogP contribution in [0.4, 0.5) is 0 Å². The summed E-state index contributed by atoms with van der Waals surface area (Å²) in [5.41, 5.74) is 1.40. The summed E-state index contributed by atoms with van der Waals surface area (Å²) < 4.78 is 7.89. The maximum atomic E-state index is 12.5. The maximum Gasteiger partial charge on any atom is 0.297 e. The smallest absolute Gasteiger partial charge is 0.297 e. The van der Waals surface area contributed by atoms with Gasteiger partial charge in [0.15, 0.2) is 0 Å². The minimum atomic E-state index is -0.180. The van der Waals surface area contributed by atoms with Gasteiger partial charge in [0.2, 0.25) is 5.58 Å². The number of halogens is 1. The monoisotopic (exact) mass is 316 g/mol. The van der Waals surface area contributed by atoms with Crippen LogP contribution >= 0.6 is 22.9 Å². The van der Waals surface area contributed by atoms with Gasteiger partial charge in [-0.25, -0.2) is 4.98 Å². The Kier molecular flexibility index (Phi) is 2.83. The third-order valence-corrected chi connectivity index (χ3v) is 4.52. The molecular formula is C15H9ClN2O2S. The molecule has 0 spiro atoms. The Bertz CT molecular complexity index is 1020. The van der Waals surface area contributed by atoms with E-state index < -0.39 is 0 Å². The molecule has 3 aromatic heterocycles. The molecule has 0 aliphatic carbocycles. The molecular weight excluding hydrogens is 308 g/mol. The first kappa shape index (κ1) is 12.6. The van der Waals surface area contributed by atoms with E-state index in [4.69, 9.17) is 16.0 Å². The van der Waals surface area contributed by atoms with Gasteiger partial charge in [-0.3, -0.25) is 9.36 Å². The Morgan fingerprint density at radius 3 is 2.90 bits per heavy atom. The van der Waals surface area contributed by atoms with E-state index in [1.807, 2.05) is 36.4 Å². The van der Waals surface area contributed by atoms with Crippen LogP contribution in [0.2, 0.25) is 4.34 Å². The van der Waals surface area contributed by atoms with Crippen molar-refractivity contribution in [3.8, 4) is 0 Å². The fourth-order valence-electron chi connectivity index (χ4n) is 2.33. The van der Waals surface area contributed by atoms with Crippen molar-refractivity contribution in [1.82, 2.24) is 9.55 Å². The molecule has 0 atom stereocenters. The van der Waals surface area contributed by atoms with Gasteiger partial charge in [0, 0.05) is 10.3 Å². The average Bonchev–Trinajstić information content (AvgIpc) is 3.06. The Labute approximate surface area is 128 Å². The Morgan fingerprint density at radius 2 is 2.10 bits per heavy atom. The Hall–Kier alpha value is -2.11. The second-order valence-corrected chi connectivity index (χ2v) is 6.46. The van der Waals surface area contributed by atoms with Crippen LogP contribution < -0.4 is 5.56 Å². The number of para-hydroxylation sites is 1. The van der Waals surface area contributed by atoms with Crippen molar-refractivity contribution >= 4 is 45.0 Å². The van der Waals surface area contributed by atoms with Crippen molar-refractivity contribution in [2.24, 2.45) is 0 Å². The molecule has 4 aromatic rings. The van der Waals surface area contributed by atoms with E-state index in [-0.39, 0.29) is 5.56 Å². The normalized spacial score (nSPS) is 11.5. The molecule has 0 amide bonds. The summed E-state index contributed by atoms with van der Waals surface area (Å²) in [7, 11) is 0. The van der Waals surface area contributed by atoms with Crippen molar-refractivity contribution in [3.05, 3.63) is 62.3 Å². The second kappa shape index (κ2) is 4.72. The zero-order valence-corrected chi connectivity index (χ0v) is 12.3. The summed E-state index contributed by atoms with van der Waals surface area (Å²) in [6.45, 7) is 0.441. The number of nitrogens with zero attached hydrogens (tertiary/aromatic N) is 2. The van der Waals surface area contributed by atoms with Crippen LogP contribution in [0.5, 0.6) is 0 Å². The average molecular weight is 317 g/mol. The van der Waals surface area contributed by atoms with Crippen molar-refractivity contribution in [2.45, 2.75) is 6.54 Å². The van der Waals surface area contributed by atoms with Gasteiger partial charge in [-0.1, -0.05) is 23.7 Å². The third kappa shape index (κ3) is 2.05. The van der Waals surface area contributed by atoms with Crippen LogP contribution in [0.15, 0.2) is 51.9 Å². The predicted octanol–water partition coefficient (Wildman–Crippen LogP) is 3.91. The highest BCUT2D eigenvalue weighted by Gasteiger charge is 2.13. The third-order valence-electron chi connectivity index (χ3n) is 3.31. The lowest BCUT2D eigenvalue weighted by Crippen LogP contribution is -2.20. The standard InChI is InChI=1S/C15H9ClN2O2S/c16-12-6-5-9(21-12)7-18-8-17-13-10-3-1-2-4-11(10)20-14(13)15(18)19/h1-6,8H,7H2. The fourth-order valence-corrected chi connectivity index (χ4v) is 3.42. The van der Waals surface area contributed by atoms with Gasteiger partial charge in [-0.2, -0.15) is 0 Å². The second-order valence-electron chi connectivity index (χ2n) is 4.66. The van der Waals surface area contributed by atoms with E-state index in [0.717, 1.165) is 10.3 Å². The lowest BCUT2D eigenvalue weighted by Gasteiger charge is -2.01. The van der Waals surface area contributed by atoms with E-state index >= 15 is 0 Å².